The minimum atomic E-state index is -0.183. The van der Waals surface area contributed by atoms with Gasteiger partial charge in [-0.3, -0.25) is 4.79 Å². The Kier molecular flexibility index (Phi) is 3.27. The van der Waals surface area contributed by atoms with Crippen LogP contribution in [0.5, 0.6) is 0 Å². The number of hydrogen-bond acceptors (Lipinski definition) is 2. The molecule has 1 fully saturated rings. The molecule has 0 aliphatic heterocycles. The molecule has 1 rings (SSSR count). The van der Waals surface area contributed by atoms with Crippen LogP contribution in [0.15, 0.2) is 0 Å². The van der Waals surface area contributed by atoms with Crippen molar-refractivity contribution < 1.29 is 9.53 Å². The molecule has 0 heterocycles. The molecule has 0 aromatic carbocycles. The fourth-order valence-corrected chi connectivity index (χ4v) is 1.77. The van der Waals surface area contributed by atoms with Crippen LogP contribution in [0.25, 0.3) is 0 Å². The van der Waals surface area contributed by atoms with Crippen molar-refractivity contribution >= 4 is 5.78 Å². The molecule has 0 aromatic heterocycles. The third kappa shape index (κ3) is 2.59. The lowest BCUT2D eigenvalue weighted by Crippen LogP contribution is -2.31. The predicted octanol–water partition coefficient (Wildman–Crippen LogP) is 2.31. The van der Waals surface area contributed by atoms with E-state index in [2.05, 4.69) is 0 Å². The van der Waals surface area contributed by atoms with E-state index in [1.807, 2.05) is 6.92 Å². The molecule has 0 saturated heterocycles. The van der Waals surface area contributed by atoms with Crippen molar-refractivity contribution in [2.75, 3.05) is 7.11 Å². The van der Waals surface area contributed by atoms with Gasteiger partial charge >= 0.3 is 0 Å². The number of ether oxygens (including phenoxy) is 1. The monoisotopic (exact) mass is 170 g/mol. The van der Waals surface area contributed by atoms with Crippen molar-refractivity contribution in [3.8, 4) is 0 Å². The highest BCUT2D eigenvalue weighted by Gasteiger charge is 2.27. The average Bonchev–Trinajstić information content (AvgIpc) is 2.01. The van der Waals surface area contributed by atoms with Crippen LogP contribution in [0.2, 0.25) is 0 Å². The molecule has 0 spiro atoms. The van der Waals surface area contributed by atoms with Crippen molar-refractivity contribution in [1.82, 2.24) is 0 Å². The second kappa shape index (κ2) is 4.04. The first-order chi connectivity index (χ1) is 5.66. The Hall–Kier alpha value is -0.370. The molecule has 2 heteroatoms. The van der Waals surface area contributed by atoms with Crippen molar-refractivity contribution in [3.63, 3.8) is 0 Å². The number of carbonyl (C=O) groups excluding carboxylic acids is 1. The predicted molar refractivity (Wildman–Crippen MR) is 48.1 cm³/mol. The van der Waals surface area contributed by atoms with Crippen LogP contribution in [-0.4, -0.2) is 18.5 Å². The maximum absolute atomic E-state index is 11.3. The standard InChI is InChI=1S/C10H18O2/c1-10(12-2)7-5-3-4-6-9(11)8-10/h3-8H2,1-2H3. The van der Waals surface area contributed by atoms with E-state index in [1.54, 1.807) is 7.11 Å². The number of rotatable bonds is 1. The summed E-state index contributed by atoms with van der Waals surface area (Å²) in [5, 5.41) is 0. The molecule has 1 unspecified atom stereocenters. The van der Waals surface area contributed by atoms with Gasteiger partial charge in [-0.15, -0.1) is 0 Å². The third-order valence-corrected chi connectivity index (χ3v) is 2.73. The number of methoxy groups -OCH3 is 1. The molecular weight excluding hydrogens is 152 g/mol. The zero-order valence-electron chi connectivity index (χ0n) is 8.06. The summed E-state index contributed by atoms with van der Waals surface area (Å²) in [6.07, 6.45) is 5.80. The van der Waals surface area contributed by atoms with Gasteiger partial charge in [-0.25, -0.2) is 0 Å². The Morgan fingerprint density at radius 3 is 2.75 bits per heavy atom. The largest absolute Gasteiger partial charge is 0.378 e. The number of carbonyl (C=O) groups is 1. The normalized spacial score (nSPS) is 32.7. The Labute approximate surface area is 74.3 Å². The van der Waals surface area contributed by atoms with Crippen molar-refractivity contribution in [2.24, 2.45) is 0 Å². The summed E-state index contributed by atoms with van der Waals surface area (Å²) >= 11 is 0. The molecule has 0 radical (unpaired) electrons. The van der Waals surface area contributed by atoms with E-state index in [0.29, 0.717) is 12.2 Å². The van der Waals surface area contributed by atoms with Crippen molar-refractivity contribution in [2.45, 2.75) is 51.0 Å². The Bertz CT molecular complexity index is 165. The first-order valence-corrected chi connectivity index (χ1v) is 4.73. The summed E-state index contributed by atoms with van der Waals surface area (Å²) in [4.78, 5) is 11.3. The Balaban J connectivity index is 2.54. The average molecular weight is 170 g/mol. The van der Waals surface area contributed by atoms with Gasteiger partial charge in [0.1, 0.15) is 5.78 Å². The minimum absolute atomic E-state index is 0.183. The van der Waals surface area contributed by atoms with Gasteiger partial charge in [-0.2, -0.15) is 0 Å². The molecule has 0 amide bonds. The van der Waals surface area contributed by atoms with Crippen LogP contribution >= 0.6 is 0 Å². The lowest BCUT2D eigenvalue weighted by atomic mass is 9.88. The van der Waals surface area contributed by atoms with E-state index in [-0.39, 0.29) is 5.60 Å². The van der Waals surface area contributed by atoms with Gasteiger partial charge in [0.15, 0.2) is 0 Å². The van der Waals surface area contributed by atoms with Gasteiger partial charge in [-0.05, 0) is 19.8 Å². The molecule has 1 aliphatic carbocycles. The Morgan fingerprint density at radius 1 is 1.33 bits per heavy atom. The second-order valence-electron chi connectivity index (χ2n) is 3.93. The fraction of sp³-hybridized carbons (Fsp3) is 0.900. The molecular formula is C10H18O2. The van der Waals surface area contributed by atoms with Gasteiger partial charge in [0, 0.05) is 20.0 Å². The van der Waals surface area contributed by atoms with Crippen LogP contribution in [-0.2, 0) is 9.53 Å². The summed E-state index contributed by atoms with van der Waals surface area (Å²) in [6, 6.07) is 0. The smallest absolute Gasteiger partial charge is 0.135 e. The SMILES string of the molecule is COC1(C)CCCCCC(=O)C1. The van der Waals surface area contributed by atoms with E-state index in [4.69, 9.17) is 4.74 Å². The summed E-state index contributed by atoms with van der Waals surface area (Å²) in [5.74, 6) is 0.360. The highest BCUT2D eigenvalue weighted by Crippen LogP contribution is 2.26. The zero-order chi connectivity index (χ0) is 9.03. The molecule has 2 nitrogen and oxygen atoms in total. The third-order valence-electron chi connectivity index (χ3n) is 2.73. The maximum Gasteiger partial charge on any atom is 0.135 e. The molecule has 12 heavy (non-hydrogen) atoms. The lowest BCUT2D eigenvalue weighted by molar-refractivity contribution is -0.126. The van der Waals surface area contributed by atoms with Crippen LogP contribution < -0.4 is 0 Å². The molecule has 1 atom stereocenters. The quantitative estimate of drug-likeness (QED) is 0.603. The Morgan fingerprint density at radius 2 is 2.08 bits per heavy atom. The fourth-order valence-electron chi connectivity index (χ4n) is 1.77. The minimum Gasteiger partial charge on any atom is -0.378 e. The van der Waals surface area contributed by atoms with E-state index in [0.717, 1.165) is 19.3 Å². The van der Waals surface area contributed by atoms with Gasteiger partial charge in [0.25, 0.3) is 0 Å². The first kappa shape index (κ1) is 9.72. The highest BCUT2D eigenvalue weighted by atomic mass is 16.5. The van der Waals surface area contributed by atoms with Crippen LogP contribution in [0.4, 0.5) is 0 Å². The van der Waals surface area contributed by atoms with Gasteiger partial charge in [0.2, 0.25) is 0 Å². The second-order valence-corrected chi connectivity index (χ2v) is 3.93. The maximum atomic E-state index is 11.3. The van der Waals surface area contributed by atoms with Gasteiger partial charge < -0.3 is 4.74 Å². The molecule has 0 aromatic rings. The topological polar surface area (TPSA) is 26.3 Å². The number of hydrogen-bond donors (Lipinski definition) is 0. The van der Waals surface area contributed by atoms with Crippen LogP contribution in [0.3, 0.4) is 0 Å². The summed E-state index contributed by atoms with van der Waals surface area (Å²) in [6.45, 7) is 2.04. The van der Waals surface area contributed by atoms with E-state index < -0.39 is 0 Å². The van der Waals surface area contributed by atoms with Crippen LogP contribution in [0.1, 0.15) is 45.4 Å². The van der Waals surface area contributed by atoms with E-state index >= 15 is 0 Å². The zero-order valence-corrected chi connectivity index (χ0v) is 8.06. The van der Waals surface area contributed by atoms with Gasteiger partial charge in [0.05, 0.1) is 5.60 Å². The molecule has 1 saturated carbocycles. The first-order valence-electron chi connectivity index (χ1n) is 4.73. The van der Waals surface area contributed by atoms with Crippen LogP contribution in [0, 0.1) is 0 Å². The molecule has 70 valence electrons. The molecule has 1 aliphatic rings. The molecule has 0 N–H and O–H groups in total. The molecule has 0 bridgehead atoms. The lowest BCUT2D eigenvalue weighted by Gasteiger charge is -2.29. The summed E-state index contributed by atoms with van der Waals surface area (Å²) in [5.41, 5.74) is -0.183. The number of ketones is 1. The van der Waals surface area contributed by atoms with E-state index in [1.165, 1.54) is 12.8 Å². The van der Waals surface area contributed by atoms with Crippen molar-refractivity contribution in [1.29, 1.82) is 0 Å². The number of Topliss-reactive ketones (excluding diaryl/α,β-unsaturated/α-hetero) is 1. The highest BCUT2D eigenvalue weighted by molar-refractivity contribution is 5.79. The van der Waals surface area contributed by atoms with Gasteiger partial charge in [-0.1, -0.05) is 12.8 Å². The summed E-state index contributed by atoms with van der Waals surface area (Å²) < 4.78 is 5.36. The van der Waals surface area contributed by atoms with E-state index in [9.17, 15) is 4.79 Å². The van der Waals surface area contributed by atoms with Crippen molar-refractivity contribution in [3.05, 3.63) is 0 Å². The summed E-state index contributed by atoms with van der Waals surface area (Å²) in [7, 11) is 1.70.